The van der Waals surface area contributed by atoms with E-state index in [9.17, 15) is 9.90 Å². The van der Waals surface area contributed by atoms with Crippen molar-refractivity contribution in [2.75, 3.05) is 6.54 Å². The van der Waals surface area contributed by atoms with Crippen molar-refractivity contribution in [2.45, 2.75) is 26.6 Å². The molecule has 0 radical (unpaired) electrons. The van der Waals surface area contributed by atoms with Crippen LogP contribution >= 0.6 is 0 Å². The molecule has 1 aromatic carbocycles. The van der Waals surface area contributed by atoms with Gasteiger partial charge in [-0.1, -0.05) is 24.3 Å². The average molecular weight is 270 g/mol. The topological polar surface area (TPSA) is 45.5 Å². The smallest absolute Gasteiger partial charge is 0.223 e. The van der Waals surface area contributed by atoms with Crippen molar-refractivity contribution >= 4 is 0 Å². The van der Waals surface area contributed by atoms with Crippen molar-refractivity contribution in [2.24, 2.45) is 0 Å². The zero-order chi connectivity index (χ0) is 14.1. The van der Waals surface area contributed by atoms with Gasteiger partial charge in [0, 0.05) is 37.9 Å². The predicted octanol–water partition coefficient (Wildman–Crippen LogP) is 1.88. The number of fused-ring (bicyclic) bond motifs is 1. The van der Waals surface area contributed by atoms with Gasteiger partial charge in [0.05, 0.1) is 6.20 Å². The molecular weight excluding hydrogens is 252 g/mol. The number of benzene rings is 1. The summed E-state index contributed by atoms with van der Waals surface area (Å²) in [5.74, 6) is -0.166. The van der Waals surface area contributed by atoms with Gasteiger partial charge in [-0.15, -0.1) is 0 Å². The molecule has 1 aromatic heterocycles. The van der Waals surface area contributed by atoms with Crippen LogP contribution in [0.3, 0.4) is 0 Å². The Bertz CT molecular complexity index is 691. The summed E-state index contributed by atoms with van der Waals surface area (Å²) in [4.78, 5) is 13.9. The molecule has 104 valence electrons. The second-order valence-corrected chi connectivity index (χ2v) is 5.34. The molecule has 0 spiro atoms. The SMILES string of the molecule is Cc1ccccc1CN1CCn2cc(O)c(=O)cc2C1. The lowest BCUT2D eigenvalue weighted by Gasteiger charge is -2.30. The lowest BCUT2D eigenvalue weighted by Crippen LogP contribution is -2.34. The molecule has 4 nitrogen and oxygen atoms in total. The third kappa shape index (κ3) is 2.47. The first-order chi connectivity index (χ1) is 9.63. The highest BCUT2D eigenvalue weighted by molar-refractivity contribution is 5.26. The molecule has 0 saturated carbocycles. The van der Waals surface area contributed by atoms with Crippen molar-refractivity contribution < 1.29 is 5.11 Å². The zero-order valence-corrected chi connectivity index (χ0v) is 11.5. The number of aromatic hydroxyl groups is 1. The van der Waals surface area contributed by atoms with Crippen molar-refractivity contribution in [3.63, 3.8) is 0 Å². The Kier molecular flexibility index (Phi) is 3.32. The van der Waals surface area contributed by atoms with E-state index in [1.165, 1.54) is 11.1 Å². The van der Waals surface area contributed by atoms with Gasteiger partial charge < -0.3 is 9.67 Å². The molecule has 2 aromatic rings. The minimum absolute atomic E-state index is 0.166. The van der Waals surface area contributed by atoms with Crippen LogP contribution in [0.15, 0.2) is 41.3 Å². The maximum absolute atomic E-state index is 11.5. The molecule has 0 atom stereocenters. The lowest BCUT2D eigenvalue weighted by atomic mass is 10.1. The van der Waals surface area contributed by atoms with Gasteiger partial charge in [-0.25, -0.2) is 0 Å². The Morgan fingerprint density at radius 1 is 1.25 bits per heavy atom. The molecule has 3 rings (SSSR count). The molecular formula is C16H18N2O2. The molecule has 0 bridgehead atoms. The summed E-state index contributed by atoms with van der Waals surface area (Å²) in [5.41, 5.74) is 3.28. The van der Waals surface area contributed by atoms with Crippen LogP contribution in [0.25, 0.3) is 0 Å². The standard InChI is InChI=1S/C16H18N2O2/c1-12-4-2-3-5-13(12)9-17-6-7-18-11-16(20)15(19)8-14(18)10-17/h2-5,8,11,20H,6-7,9-10H2,1H3. The van der Waals surface area contributed by atoms with E-state index in [1.807, 2.05) is 10.6 Å². The fraction of sp³-hybridized carbons (Fsp3) is 0.312. The average Bonchev–Trinajstić information content (AvgIpc) is 2.43. The monoisotopic (exact) mass is 270 g/mol. The van der Waals surface area contributed by atoms with Gasteiger partial charge in [-0.2, -0.15) is 0 Å². The molecule has 2 heterocycles. The van der Waals surface area contributed by atoms with E-state index >= 15 is 0 Å². The number of rotatable bonds is 2. The quantitative estimate of drug-likeness (QED) is 0.906. The van der Waals surface area contributed by atoms with Crippen LogP contribution in [0.5, 0.6) is 5.75 Å². The van der Waals surface area contributed by atoms with E-state index in [0.29, 0.717) is 0 Å². The van der Waals surface area contributed by atoms with Gasteiger partial charge in [0.15, 0.2) is 5.75 Å². The van der Waals surface area contributed by atoms with Crippen LogP contribution in [-0.4, -0.2) is 21.1 Å². The Morgan fingerprint density at radius 2 is 2.05 bits per heavy atom. The summed E-state index contributed by atoms with van der Waals surface area (Å²) in [6, 6.07) is 9.92. The molecule has 0 fully saturated rings. The fourth-order valence-corrected chi connectivity index (χ4v) is 2.67. The second kappa shape index (κ2) is 5.13. The van der Waals surface area contributed by atoms with E-state index < -0.39 is 0 Å². The fourth-order valence-electron chi connectivity index (χ4n) is 2.67. The molecule has 0 unspecified atom stereocenters. The summed E-state index contributed by atoms with van der Waals surface area (Å²) in [7, 11) is 0. The number of hydrogen-bond acceptors (Lipinski definition) is 3. The molecule has 20 heavy (non-hydrogen) atoms. The Hall–Kier alpha value is -2.07. The van der Waals surface area contributed by atoms with Crippen molar-refractivity contribution in [3.8, 4) is 5.75 Å². The van der Waals surface area contributed by atoms with Crippen LogP contribution in [0, 0.1) is 6.92 Å². The highest BCUT2D eigenvalue weighted by Gasteiger charge is 2.17. The molecule has 4 heteroatoms. The lowest BCUT2D eigenvalue weighted by molar-refractivity contribution is 0.209. The van der Waals surface area contributed by atoms with E-state index in [-0.39, 0.29) is 11.2 Å². The number of aromatic nitrogens is 1. The Morgan fingerprint density at radius 3 is 2.85 bits per heavy atom. The zero-order valence-electron chi connectivity index (χ0n) is 11.5. The largest absolute Gasteiger partial charge is 0.503 e. The van der Waals surface area contributed by atoms with E-state index in [0.717, 1.165) is 31.9 Å². The van der Waals surface area contributed by atoms with E-state index in [2.05, 4.69) is 30.0 Å². The van der Waals surface area contributed by atoms with Crippen molar-refractivity contribution in [1.29, 1.82) is 0 Å². The van der Waals surface area contributed by atoms with Gasteiger partial charge in [-0.05, 0) is 18.1 Å². The van der Waals surface area contributed by atoms with Gasteiger partial charge in [0.25, 0.3) is 0 Å². The molecule has 0 saturated heterocycles. The first-order valence-corrected chi connectivity index (χ1v) is 6.82. The Labute approximate surface area is 117 Å². The third-order valence-electron chi connectivity index (χ3n) is 3.90. The van der Waals surface area contributed by atoms with Crippen LogP contribution < -0.4 is 5.43 Å². The number of aryl methyl sites for hydroxylation is 1. The van der Waals surface area contributed by atoms with Crippen LogP contribution in [0.4, 0.5) is 0 Å². The summed E-state index contributed by atoms with van der Waals surface area (Å²) in [6.07, 6.45) is 1.54. The highest BCUT2D eigenvalue weighted by atomic mass is 16.3. The second-order valence-electron chi connectivity index (χ2n) is 5.34. The third-order valence-corrected chi connectivity index (χ3v) is 3.90. The Balaban J connectivity index is 1.81. The summed E-state index contributed by atoms with van der Waals surface area (Å²) in [5, 5.41) is 9.47. The summed E-state index contributed by atoms with van der Waals surface area (Å²) < 4.78 is 1.96. The van der Waals surface area contributed by atoms with Gasteiger partial charge >= 0.3 is 0 Å². The van der Waals surface area contributed by atoms with Gasteiger partial charge in [0.2, 0.25) is 5.43 Å². The molecule has 1 aliphatic heterocycles. The van der Waals surface area contributed by atoms with E-state index in [4.69, 9.17) is 0 Å². The maximum atomic E-state index is 11.5. The summed E-state index contributed by atoms with van der Waals surface area (Å²) in [6.45, 7) is 5.47. The first-order valence-electron chi connectivity index (χ1n) is 6.82. The summed E-state index contributed by atoms with van der Waals surface area (Å²) >= 11 is 0. The minimum atomic E-state index is -0.297. The number of nitrogens with zero attached hydrogens (tertiary/aromatic N) is 2. The van der Waals surface area contributed by atoms with Crippen molar-refractivity contribution in [3.05, 3.63) is 63.6 Å². The molecule has 0 aliphatic carbocycles. The number of hydrogen-bond donors (Lipinski definition) is 1. The predicted molar refractivity (Wildman–Crippen MR) is 77.7 cm³/mol. The van der Waals surface area contributed by atoms with Crippen LogP contribution in [0.2, 0.25) is 0 Å². The molecule has 1 N–H and O–H groups in total. The number of pyridine rings is 1. The van der Waals surface area contributed by atoms with Crippen LogP contribution in [0.1, 0.15) is 16.8 Å². The van der Waals surface area contributed by atoms with E-state index in [1.54, 1.807) is 12.3 Å². The minimum Gasteiger partial charge on any atom is -0.503 e. The normalized spacial score (nSPS) is 15.1. The maximum Gasteiger partial charge on any atom is 0.223 e. The van der Waals surface area contributed by atoms with Gasteiger partial charge in [-0.3, -0.25) is 9.69 Å². The molecule has 1 aliphatic rings. The van der Waals surface area contributed by atoms with Crippen molar-refractivity contribution in [1.82, 2.24) is 9.47 Å². The first kappa shape index (κ1) is 12.9. The molecule has 0 amide bonds. The van der Waals surface area contributed by atoms with Gasteiger partial charge in [0.1, 0.15) is 0 Å². The highest BCUT2D eigenvalue weighted by Crippen LogP contribution is 2.17. The van der Waals surface area contributed by atoms with Crippen LogP contribution in [-0.2, 0) is 19.6 Å².